The van der Waals surface area contributed by atoms with Gasteiger partial charge < -0.3 is 15.0 Å². The highest BCUT2D eigenvalue weighted by molar-refractivity contribution is 6.31. The third kappa shape index (κ3) is 4.40. The van der Waals surface area contributed by atoms with Gasteiger partial charge in [0.15, 0.2) is 0 Å². The molecule has 22 heavy (non-hydrogen) atoms. The third-order valence-electron chi connectivity index (χ3n) is 3.31. The number of benzene rings is 2. The number of hydrogen-bond donors (Lipinski definition) is 1. The first-order valence-corrected chi connectivity index (χ1v) is 7.33. The number of amides is 2. The van der Waals surface area contributed by atoms with E-state index in [0.717, 1.165) is 16.9 Å². The molecule has 0 atom stereocenters. The molecule has 2 rings (SSSR count). The Morgan fingerprint density at radius 3 is 2.50 bits per heavy atom. The van der Waals surface area contributed by atoms with E-state index in [1.54, 1.807) is 19.1 Å². The van der Waals surface area contributed by atoms with Gasteiger partial charge in [-0.3, -0.25) is 0 Å². The zero-order valence-corrected chi connectivity index (χ0v) is 13.4. The Kier molecular flexibility index (Phi) is 5.67. The van der Waals surface area contributed by atoms with Crippen molar-refractivity contribution >= 4 is 17.6 Å². The highest BCUT2D eigenvalue weighted by atomic mass is 35.5. The molecule has 0 saturated carbocycles. The van der Waals surface area contributed by atoms with Crippen LogP contribution < -0.4 is 10.1 Å². The van der Waals surface area contributed by atoms with Crippen LogP contribution in [0.3, 0.4) is 0 Å². The number of hydrogen-bond acceptors (Lipinski definition) is 2. The number of nitrogens with one attached hydrogen (secondary N) is 1. The van der Waals surface area contributed by atoms with Crippen LogP contribution in [0.1, 0.15) is 11.1 Å². The number of halogens is 1. The molecular weight excluding hydrogens is 300 g/mol. The van der Waals surface area contributed by atoms with Gasteiger partial charge in [0.25, 0.3) is 0 Å². The second-order valence-corrected chi connectivity index (χ2v) is 5.36. The van der Waals surface area contributed by atoms with Gasteiger partial charge in [0.2, 0.25) is 0 Å². The molecule has 0 aromatic heterocycles. The molecule has 0 heterocycles. The van der Waals surface area contributed by atoms with Crippen LogP contribution in [0.4, 0.5) is 4.79 Å². The minimum absolute atomic E-state index is 0.143. The molecule has 1 N–H and O–H groups in total. The molecule has 0 saturated heterocycles. The highest BCUT2D eigenvalue weighted by Crippen LogP contribution is 2.15. The van der Waals surface area contributed by atoms with E-state index >= 15 is 0 Å². The molecule has 2 amide bonds. The van der Waals surface area contributed by atoms with Gasteiger partial charge >= 0.3 is 6.03 Å². The molecular formula is C17H19ClN2O2. The predicted molar refractivity (Wildman–Crippen MR) is 88.1 cm³/mol. The number of nitrogens with zero attached hydrogens (tertiary/aromatic N) is 1. The summed E-state index contributed by atoms with van der Waals surface area (Å²) in [4.78, 5) is 13.7. The fourth-order valence-electron chi connectivity index (χ4n) is 2.02. The van der Waals surface area contributed by atoms with Crippen molar-refractivity contribution in [1.29, 1.82) is 0 Å². The molecule has 4 nitrogen and oxygen atoms in total. The Hall–Kier alpha value is -2.20. The maximum absolute atomic E-state index is 12.1. The van der Waals surface area contributed by atoms with Gasteiger partial charge in [0.1, 0.15) is 5.75 Å². The maximum atomic E-state index is 12.1. The van der Waals surface area contributed by atoms with Crippen LogP contribution in [0.15, 0.2) is 48.5 Å². The van der Waals surface area contributed by atoms with Gasteiger partial charge in [-0.2, -0.15) is 0 Å². The number of carbonyl (C=O) groups excluding carboxylic acids is 1. The lowest BCUT2D eigenvalue weighted by atomic mass is 10.2. The zero-order valence-electron chi connectivity index (χ0n) is 12.7. The maximum Gasteiger partial charge on any atom is 0.317 e. The number of rotatable bonds is 5. The molecule has 0 aliphatic rings. The van der Waals surface area contributed by atoms with Crippen molar-refractivity contribution in [2.75, 3.05) is 14.2 Å². The first-order chi connectivity index (χ1) is 10.6. The van der Waals surface area contributed by atoms with Crippen LogP contribution >= 0.6 is 11.6 Å². The topological polar surface area (TPSA) is 41.6 Å². The minimum atomic E-state index is -0.143. The van der Waals surface area contributed by atoms with Gasteiger partial charge in [-0.05, 0) is 29.3 Å². The summed E-state index contributed by atoms with van der Waals surface area (Å²) in [6, 6.07) is 15.0. The van der Waals surface area contributed by atoms with E-state index in [0.29, 0.717) is 18.1 Å². The summed E-state index contributed by atoms with van der Waals surface area (Å²) in [5.74, 6) is 0.801. The lowest BCUT2D eigenvalue weighted by molar-refractivity contribution is 0.206. The predicted octanol–water partition coefficient (Wildman–Crippen LogP) is 3.69. The molecule has 116 valence electrons. The normalized spacial score (nSPS) is 10.1. The summed E-state index contributed by atoms with van der Waals surface area (Å²) in [7, 11) is 3.38. The van der Waals surface area contributed by atoms with E-state index in [1.807, 2.05) is 48.5 Å². The summed E-state index contributed by atoms with van der Waals surface area (Å²) in [6.45, 7) is 0.934. The largest absolute Gasteiger partial charge is 0.497 e. The summed E-state index contributed by atoms with van der Waals surface area (Å²) in [5.41, 5.74) is 1.94. The number of methoxy groups -OCH3 is 1. The average Bonchev–Trinajstić information content (AvgIpc) is 2.54. The number of ether oxygens (including phenoxy) is 1. The monoisotopic (exact) mass is 318 g/mol. The van der Waals surface area contributed by atoms with E-state index in [4.69, 9.17) is 16.3 Å². The van der Waals surface area contributed by atoms with E-state index in [1.165, 1.54) is 0 Å². The second kappa shape index (κ2) is 7.71. The van der Waals surface area contributed by atoms with Gasteiger partial charge in [-0.1, -0.05) is 41.9 Å². The standard InChI is InChI=1S/C17H19ClN2O2/c1-20(12-13-7-9-15(22-2)10-8-13)17(21)19-11-14-5-3-4-6-16(14)18/h3-10H,11-12H2,1-2H3,(H,19,21). The fraction of sp³-hybridized carbons (Fsp3) is 0.235. The molecule has 2 aromatic carbocycles. The lowest BCUT2D eigenvalue weighted by Crippen LogP contribution is -2.36. The molecule has 0 fully saturated rings. The van der Waals surface area contributed by atoms with Gasteiger partial charge in [0, 0.05) is 25.2 Å². The van der Waals surface area contributed by atoms with E-state index < -0.39 is 0 Å². The number of urea groups is 1. The molecule has 0 radical (unpaired) electrons. The van der Waals surface area contributed by atoms with Crippen LogP contribution in [0, 0.1) is 0 Å². The first kappa shape index (κ1) is 16.2. The Morgan fingerprint density at radius 1 is 1.18 bits per heavy atom. The minimum Gasteiger partial charge on any atom is -0.497 e. The highest BCUT2D eigenvalue weighted by Gasteiger charge is 2.09. The Labute approximate surface area is 135 Å². The smallest absolute Gasteiger partial charge is 0.317 e. The van der Waals surface area contributed by atoms with Crippen LogP contribution in [-0.4, -0.2) is 25.1 Å². The Morgan fingerprint density at radius 2 is 1.86 bits per heavy atom. The van der Waals surface area contributed by atoms with Gasteiger partial charge in [-0.25, -0.2) is 4.79 Å². The van der Waals surface area contributed by atoms with Crippen LogP contribution in [0.5, 0.6) is 5.75 Å². The molecule has 0 aliphatic heterocycles. The second-order valence-electron chi connectivity index (χ2n) is 4.95. The van der Waals surface area contributed by atoms with Crippen LogP contribution in [0.2, 0.25) is 5.02 Å². The summed E-state index contributed by atoms with van der Waals surface area (Å²) >= 11 is 6.07. The van der Waals surface area contributed by atoms with Gasteiger partial charge in [0.05, 0.1) is 7.11 Å². The Bertz CT molecular complexity index is 629. The molecule has 0 unspecified atom stereocenters. The van der Waals surface area contributed by atoms with E-state index in [9.17, 15) is 4.79 Å². The van der Waals surface area contributed by atoms with Crippen molar-refractivity contribution in [3.05, 3.63) is 64.7 Å². The van der Waals surface area contributed by atoms with Gasteiger partial charge in [-0.15, -0.1) is 0 Å². The zero-order chi connectivity index (χ0) is 15.9. The number of carbonyl (C=O) groups is 1. The van der Waals surface area contributed by atoms with Crippen molar-refractivity contribution in [3.63, 3.8) is 0 Å². The molecule has 2 aromatic rings. The average molecular weight is 319 g/mol. The summed E-state index contributed by atoms with van der Waals surface area (Å²) < 4.78 is 5.11. The van der Waals surface area contributed by atoms with Crippen molar-refractivity contribution in [1.82, 2.24) is 10.2 Å². The molecule has 0 aliphatic carbocycles. The molecule has 5 heteroatoms. The summed E-state index contributed by atoms with van der Waals surface area (Å²) in [5, 5.41) is 3.51. The van der Waals surface area contributed by atoms with Crippen molar-refractivity contribution in [2.24, 2.45) is 0 Å². The van der Waals surface area contributed by atoms with E-state index in [-0.39, 0.29) is 6.03 Å². The first-order valence-electron chi connectivity index (χ1n) is 6.95. The third-order valence-corrected chi connectivity index (χ3v) is 3.68. The van der Waals surface area contributed by atoms with E-state index in [2.05, 4.69) is 5.32 Å². The Balaban J connectivity index is 1.87. The van der Waals surface area contributed by atoms with Crippen molar-refractivity contribution in [3.8, 4) is 5.75 Å². The summed E-state index contributed by atoms with van der Waals surface area (Å²) in [6.07, 6.45) is 0. The quantitative estimate of drug-likeness (QED) is 0.913. The fourth-order valence-corrected chi connectivity index (χ4v) is 2.23. The van der Waals surface area contributed by atoms with Crippen LogP contribution in [-0.2, 0) is 13.1 Å². The molecule has 0 spiro atoms. The van der Waals surface area contributed by atoms with Crippen molar-refractivity contribution in [2.45, 2.75) is 13.1 Å². The molecule has 0 bridgehead atoms. The lowest BCUT2D eigenvalue weighted by Gasteiger charge is -2.18. The SMILES string of the molecule is COc1ccc(CN(C)C(=O)NCc2ccccc2Cl)cc1. The van der Waals surface area contributed by atoms with Crippen LogP contribution in [0.25, 0.3) is 0 Å². The van der Waals surface area contributed by atoms with Crippen molar-refractivity contribution < 1.29 is 9.53 Å².